The number of hydrazone groups is 1. The van der Waals surface area contributed by atoms with Crippen LogP contribution in [0.2, 0.25) is 0 Å². The second-order valence-electron chi connectivity index (χ2n) is 6.42. The molecule has 2 aromatic heterocycles. The molecule has 0 saturated heterocycles. The lowest BCUT2D eigenvalue weighted by molar-refractivity contribution is -0.402. The monoisotopic (exact) mass is 438 g/mol. The molecule has 0 bridgehead atoms. The van der Waals surface area contributed by atoms with Crippen molar-refractivity contribution < 1.29 is 28.5 Å². The molecule has 0 radical (unpaired) electrons. The molecule has 3 aromatic rings. The van der Waals surface area contributed by atoms with Crippen LogP contribution >= 0.6 is 0 Å². The Kier molecular flexibility index (Phi) is 7.15. The van der Waals surface area contributed by atoms with Gasteiger partial charge in [-0.2, -0.15) is 5.10 Å². The van der Waals surface area contributed by atoms with Gasteiger partial charge in [-0.3, -0.25) is 19.7 Å². The summed E-state index contributed by atoms with van der Waals surface area (Å²) in [6, 6.07) is 10.9. The Morgan fingerprint density at radius 1 is 1.19 bits per heavy atom. The van der Waals surface area contributed by atoms with E-state index in [1.807, 2.05) is 0 Å². The number of phenols is 1. The number of carbonyl (C=O) groups excluding carboxylic acids is 2. The van der Waals surface area contributed by atoms with Crippen molar-refractivity contribution in [3.8, 4) is 5.75 Å². The molecule has 3 rings (SSSR count). The van der Waals surface area contributed by atoms with Crippen LogP contribution in [0.15, 0.2) is 74.8 Å². The van der Waals surface area contributed by atoms with E-state index in [0.29, 0.717) is 5.56 Å². The first-order valence-corrected chi connectivity index (χ1v) is 9.28. The zero-order valence-electron chi connectivity index (χ0n) is 16.5. The Morgan fingerprint density at radius 2 is 1.97 bits per heavy atom. The van der Waals surface area contributed by atoms with Crippen molar-refractivity contribution in [2.45, 2.75) is 12.5 Å². The molecule has 1 aromatic carbocycles. The number of aromatic hydroxyl groups is 1. The minimum atomic E-state index is -0.981. The molecule has 0 unspecified atom stereocenters. The van der Waals surface area contributed by atoms with Crippen molar-refractivity contribution in [2.75, 3.05) is 0 Å². The van der Waals surface area contributed by atoms with Gasteiger partial charge < -0.3 is 19.3 Å². The first-order valence-electron chi connectivity index (χ1n) is 9.28. The predicted molar refractivity (Wildman–Crippen MR) is 113 cm³/mol. The number of amides is 2. The van der Waals surface area contributed by atoms with E-state index in [-0.39, 0.29) is 29.6 Å². The summed E-state index contributed by atoms with van der Waals surface area (Å²) in [5.74, 6) is -1.18. The number of nitrogens with one attached hydrogen (secondary N) is 2. The third kappa shape index (κ3) is 6.16. The number of phenolic OH excluding ortho intramolecular Hbond substituents is 1. The highest BCUT2D eigenvalue weighted by molar-refractivity contribution is 5.95. The Labute approximate surface area is 181 Å². The molecule has 32 heavy (non-hydrogen) atoms. The average molecular weight is 438 g/mol. The van der Waals surface area contributed by atoms with Crippen LogP contribution in [-0.2, 0) is 11.2 Å². The average Bonchev–Trinajstić information content (AvgIpc) is 3.47. The maximum atomic E-state index is 12.6. The maximum Gasteiger partial charge on any atom is 0.433 e. The SMILES string of the molecule is O=C(N[C@@H](Cc1ccc(O)cc1)C(=O)N/N=C\C=C\c1ccc([N+](=O)[O-])o1)c1ccco1. The van der Waals surface area contributed by atoms with Crippen LogP contribution in [0.25, 0.3) is 6.08 Å². The van der Waals surface area contributed by atoms with Gasteiger partial charge in [-0.15, -0.1) is 0 Å². The second kappa shape index (κ2) is 10.4. The minimum Gasteiger partial charge on any atom is -0.508 e. The number of nitrogens with zero attached hydrogens (tertiary/aromatic N) is 2. The zero-order chi connectivity index (χ0) is 22.9. The van der Waals surface area contributed by atoms with Gasteiger partial charge in [0.25, 0.3) is 11.8 Å². The second-order valence-corrected chi connectivity index (χ2v) is 6.42. The summed E-state index contributed by atoms with van der Waals surface area (Å²) < 4.78 is 10.0. The molecule has 0 aliphatic heterocycles. The van der Waals surface area contributed by atoms with E-state index in [0.717, 1.165) is 0 Å². The van der Waals surface area contributed by atoms with E-state index >= 15 is 0 Å². The number of rotatable bonds is 9. The van der Waals surface area contributed by atoms with E-state index in [2.05, 4.69) is 15.8 Å². The van der Waals surface area contributed by atoms with Crippen LogP contribution in [0.1, 0.15) is 21.9 Å². The molecule has 3 N–H and O–H groups in total. The lowest BCUT2D eigenvalue weighted by Gasteiger charge is -2.16. The van der Waals surface area contributed by atoms with Gasteiger partial charge in [0.15, 0.2) is 5.76 Å². The van der Waals surface area contributed by atoms with E-state index in [1.54, 1.807) is 18.2 Å². The number of furan rings is 2. The van der Waals surface area contributed by atoms with E-state index < -0.39 is 22.8 Å². The quantitative estimate of drug-likeness (QED) is 0.263. The molecule has 1 atom stereocenters. The summed E-state index contributed by atoms with van der Waals surface area (Å²) in [4.78, 5) is 34.8. The topological polar surface area (TPSA) is 160 Å². The largest absolute Gasteiger partial charge is 0.508 e. The maximum absolute atomic E-state index is 12.6. The molecule has 0 aliphatic rings. The van der Waals surface area contributed by atoms with Crippen molar-refractivity contribution in [1.82, 2.24) is 10.7 Å². The lowest BCUT2D eigenvalue weighted by Crippen LogP contribution is -2.46. The number of allylic oxidation sites excluding steroid dienone is 1. The summed E-state index contributed by atoms with van der Waals surface area (Å²) >= 11 is 0. The Hall–Kier alpha value is -4.67. The Balaban J connectivity index is 1.63. The molecule has 0 saturated carbocycles. The highest BCUT2D eigenvalue weighted by Gasteiger charge is 2.23. The van der Waals surface area contributed by atoms with Crippen molar-refractivity contribution in [1.29, 1.82) is 0 Å². The van der Waals surface area contributed by atoms with Crippen LogP contribution in [0.5, 0.6) is 5.75 Å². The number of carbonyl (C=O) groups is 2. The van der Waals surface area contributed by atoms with Crippen LogP contribution in [0.3, 0.4) is 0 Å². The number of hydrogen-bond donors (Lipinski definition) is 3. The third-order valence-electron chi connectivity index (χ3n) is 4.13. The fraction of sp³-hybridized carbons (Fsp3) is 0.0952. The van der Waals surface area contributed by atoms with E-state index in [1.165, 1.54) is 55.0 Å². The molecular weight excluding hydrogens is 420 g/mol. The lowest BCUT2D eigenvalue weighted by atomic mass is 10.0. The van der Waals surface area contributed by atoms with Gasteiger partial charge in [-0.05, 0) is 48.0 Å². The van der Waals surface area contributed by atoms with Crippen LogP contribution < -0.4 is 10.7 Å². The summed E-state index contributed by atoms with van der Waals surface area (Å²) in [6.45, 7) is 0. The Morgan fingerprint density at radius 3 is 2.62 bits per heavy atom. The highest BCUT2D eigenvalue weighted by Crippen LogP contribution is 2.16. The fourth-order valence-electron chi connectivity index (χ4n) is 2.60. The van der Waals surface area contributed by atoms with Crippen LogP contribution in [0, 0.1) is 10.1 Å². The van der Waals surface area contributed by atoms with Crippen LogP contribution in [-0.4, -0.2) is 34.1 Å². The van der Waals surface area contributed by atoms with Gasteiger partial charge in [0, 0.05) is 12.6 Å². The standard InChI is InChI=1S/C21H18N4O7/c26-15-7-5-14(6-8-15)13-17(23-21(28)18-4-2-12-31-18)20(27)24-22-11-1-3-16-9-10-19(32-16)25(29)30/h1-12,17,26H,13H2,(H,23,28)(H,24,27)/b3-1+,22-11-/t17-/m0/s1. The molecule has 0 spiro atoms. The van der Waals surface area contributed by atoms with Gasteiger partial charge in [0.1, 0.15) is 22.5 Å². The molecule has 11 nitrogen and oxygen atoms in total. The first kappa shape index (κ1) is 22.0. The minimum absolute atomic E-state index is 0.0486. The number of nitro groups is 1. The van der Waals surface area contributed by atoms with Gasteiger partial charge in [0.05, 0.1) is 12.3 Å². The molecule has 0 aliphatic carbocycles. The molecule has 11 heteroatoms. The zero-order valence-corrected chi connectivity index (χ0v) is 16.5. The van der Waals surface area contributed by atoms with Gasteiger partial charge in [-0.1, -0.05) is 12.1 Å². The number of hydrogen-bond acceptors (Lipinski definition) is 8. The van der Waals surface area contributed by atoms with Crippen molar-refractivity contribution >= 4 is 30.0 Å². The molecule has 0 fully saturated rings. The summed E-state index contributed by atoms with van der Waals surface area (Å²) in [5, 5.41) is 26.4. The van der Waals surface area contributed by atoms with E-state index in [4.69, 9.17) is 8.83 Å². The van der Waals surface area contributed by atoms with Gasteiger partial charge >= 0.3 is 5.88 Å². The summed E-state index contributed by atoms with van der Waals surface area (Å²) in [5.41, 5.74) is 3.02. The van der Waals surface area contributed by atoms with E-state index in [9.17, 15) is 24.8 Å². The van der Waals surface area contributed by atoms with Gasteiger partial charge in [0.2, 0.25) is 0 Å². The summed E-state index contributed by atoms with van der Waals surface area (Å²) in [7, 11) is 0. The smallest absolute Gasteiger partial charge is 0.433 e. The molecule has 164 valence electrons. The van der Waals surface area contributed by atoms with Crippen molar-refractivity contribution in [2.24, 2.45) is 5.10 Å². The highest BCUT2D eigenvalue weighted by atomic mass is 16.6. The van der Waals surface area contributed by atoms with Crippen molar-refractivity contribution in [3.63, 3.8) is 0 Å². The van der Waals surface area contributed by atoms with Crippen molar-refractivity contribution in [3.05, 3.63) is 88.1 Å². The third-order valence-corrected chi connectivity index (χ3v) is 4.13. The van der Waals surface area contributed by atoms with Crippen LogP contribution in [0.4, 0.5) is 5.88 Å². The number of benzene rings is 1. The fourth-order valence-corrected chi connectivity index (χ4v) is 2.60. The van der Waals surface area contributed by atoms with Gasteiger partial charge in [-0.25, -0.2) is 5.43 Å². The predicted octanol–water partition coefficient (Wildman–Crippen LogP) is 2.64. The molecular formula is C21H18N4O7. The normalized spacial score (nSPS) is 12.1. The molecule has 2 heterocycles. The first-order chi connectivity index (χ1) is 15.4. The molecule has 2 amide bonds. The summed E-state index contributed by atoms with van der Waals surface area (Å²) in [6.07, 6.45) is 5.57. The Bertz CT molecular complexity index is 1130.